The highest BCUT2D eigenvalue weighted by atomic mass is 32.1. The van der Waals surface area contributed by atoms with Gasteiger partial charge in [0.15, 0.2) is 0 Å². The van der Waals surface area contributed by atoms with Gasteiger partial charge in [-0.3, -0.25) is 4.57 Å². The molecule has 7 aromatic rings. The van der Waals surface area contributed by atoms with E-state index in [2.05, 4.69) is 102 Å². The molecule has 0 atom stereocenters. The summed E-state index contributed by atoms with van der Waals surface area (Å²) in [6.07, 6.45) is 0. The molecule has 0 saturated heterocycles. The van der Waals surface area contributed by atoms with E-state index in [1.165, 1.54) is 11.7 Å². The van der Waals surface area contributed by atoms with Gasteiger partial charge in [0.25, 0.3) is 0 Å². The predicted molar refractivity (Wildman–Crippen MR) is 167 cm³/mol. The fraction of sp³-hybridized carbons (Fsp3) is 0.0571. The molecule has 2 heterocycles. The third-order valence-electron chi connectivity index (χ3n) is 7.12. The quantitative estimate of drug-likeness (QED) is 0.199. The maximum absolute atomic E-state index is 5.65. The summed E-state index contributed by atoms with van der Waals surface area (Å²) in [6, 6.07) is 43.6. The molecule has 0 bridgehead atoms. The van der Waals surface area contributed by atoms with Crippen LogP contribution in [0.15, 0.2) is 127 Å². The molecular formula is C35H26N4OS. The van der Waals surface area contributed by atoms with Crippen LogP contribution in [0.4, 0.5) is 0 Å². The maximum atomic E-state index is 5.65. The lowest BCUT2D eigenvalue weighted by Crippen LogP contribution is -2.01. The number of para-hydroxylation sites is 1. The number of ether oxygens (including phenoxy) is 1. The Hall–Kier alpha value is -5.07. The summed E-state index contributed by atoms with van der Waals surface area (Å²) in [5.74, 6) is 1.68. The summed E-state index contributed by atoms with van der Waals surface area (Å²) in [5, 5.41) is 0. The summed E-state index contributed by atoms with van der Waals surface area (Å²) < 4.78 is 17.5. The first-order valence-corrected chi connectivity index (χ1v) is 14.3. The molecule has 0 N–H and O–H groups in total. The van der Waals surface area contributed by atoms with Crippen LogP contribution in [-0.4, -0.2) is 24.9 Å². The number of hydrogen-bond acceptors (Lipinski definition) is 5. The second-order valence-corrected chi connectivity index (χ2v) is 10.1. The van der Waals surface area contributed by atoms with Gasteiger partial charge < -0.3 is 4.74 Å². The predicted octanol–water partition coefficient (Wildman–Crippen LogP) is 8.94. The number of fused-ring (bicyclic) bond motifs is 1. The number of hydrogen-bond donors (Lipinski definition) is 0. The van der Waals surface area contributed by atoms with Gasteiger partial charge in [0, 0.05) is 27.9 Å². The van der Waals surface area contributed by atoms with Gasteiger partial charge in [-0.15, -0.1) is 0 Å². The number of aromatic nitrogens is 4. The zero-order chi connectivity index (χ0) is 27.6. The van der Waals surface area contributed by atoms with E-state index in [9.17, 15) is 0 Å². The van der Waals surface area contributed by atoms with Crippen LogP contribution >= 0.6 is 11.7 Å². The van der Waals surface area contributed by atoms with Crippen molar-refractivity contribution in [3.05, 3.63) is 127 Å². The zero-order valence-corrected chi connectivity index (χ0v) is 23.3. The zero-order valence-electron chi connectivity index (χ0n) is 22.4. The Kier molecular flexibility index (Phi) is 6.59. The minimum atomic E-state index is 0.637. The van der Waals surface area contributed by atoms with Crippen molar-refractivity contribution >= 4 is 22.8 Å². The summed E-state index contributed by atoms with van der Waals surface area (Å²) in [7, 11) is 0. The van der Waals surface area contributed by atoms with Crippen molar-refractivity contribution in [1.82, 2.24) is 18.3 Å². The van der Waals surface area contributed by atoms with Gasteiger partial charge in [-0.2, -0.15) is 8.75 Å². The van der Waals surface area contributed by atoms with Gasteiger partial charge in [-0.1, -0.05) is 97.1 Å². The van der Waals surface area contributed by atoms with Crippen molar-refractivity contribution in [2.24, 2.45) is 0 Å². The molecular weight excluding hydrogens is 524 g/mol. The van der Waals surface area contributed by atoms with Crippen LogP contribution < -0.4 is 4.74 Å². The molecule has 0 aliphatic carbocycles. The molecule has 0 spiro atoms. The summed E-state index contributed by atoms with van der Waals surface area (Å²) >= 11 is 1.23. The first-order valence-electron chi connectivity index (χ1n) is 13.6. The molecule has 0 unspecified atom stereocenters. The van der Waals surface area contributed by atoms with Gasteiger partial charge in [0.2, 0.25) is 0 Å². The minimum Gasteiger partial charge on any atom is -0.494 e. The van der Waals surface area contributed by atoms with Gasteiger partial charge in [0.1, 0.15) is 22.6 Å². The van der Waals surface area contributed by atoms with Gasteiger partial charge >= 0.3 is 0 Å². The molecule has 2 aromatic heterocycles. The molecule has 0 amide bonds. The van der Waals surface area contributed by atoms with Crippen LogP contribution in [0.25, 0.3) is 61.8 Å². The molecule has 0 aliphatic heterocycles. The van der Waals surface area contributed by atoms with E-state index in [0.717, 1.165) is 67.5 Å². The molecule has 5 aromatic carbocycles. The first kappa shape index (κ1) is 24.9. The molecule has 5 nitrogen and oxygen atoms in total. The third-order valence-corrected chi connectivity index (χ3v) is 7.65. The fourth-order valence-electron chi connectivity index (χ4n) is 5.27. The summed E-state index contributed by atoms with van der Waals surface area (Å²) in [6.45, 7) is 2.63. The lowest BCUT2D eigenvalue weighted by molar-refractivity contribution is 0.340. The smallest absolute Gasteiger partial charge is 0.148 e. The molecule has 0 aliphatic rings. The number of rotatable bonds is 7. The van der Waals surface area contributed by atoms with Crippen LogP contribution in [-0.2, 0) is 0 Å². The van der Waals surface area contributed by atoms with E-state index in [1.807, 2.05) is 37.3 Å². The highest BCUT2D eigenvalue weighted by Crippen LogP contribution is 2.41. The molecule has 0 radical (unpaired) electrons. The van der Waals surface area contributed by atoms with Crippen molar-refractivity contribution < 1.29 is 4.74 Å². The second-order valence-electron chi connectivity index (χ2n) is 9.62. The van der Waals surface area contributed by atoms with Crippen molar-refractivity contribution in [1.29, 1.82) is 0 Å². The van der Waals surface area contributed by atoms with Crippen LogP contribution in [0.2, 0.25) is 0 Å². The van der Waals surface area contributed by atoms with E-state index in [-0.39, 0.29) is 0 Å². The minimum absolute atomic E-state index is 0.637. The third kappa shape index (κ3) is 4.58. The lowest BCUT2D eigenvalue weighted by Gasteiger charge is -2.14. The molecule has 0 saturated carbocycles. The Morgan fingerprint density at radius 2 is 1.20 bits per heavy atom. The van der Waals surface area contributed by atoms with Gasteiger partial charge in [-0.05, 0) is 42.8 Å². The normalized spacial score (nSPS) is 11.1. The average molecular weight is 551 g/mol. The van der Waals surface area contributed by atoms with E-state index < -0.39 is 0 Å². The Morgan fingerprint density at radius 3 is 1.85 bits per heavy atom. The largest absolute Gasteiger partial charge is 0.494 e. The van der Waals surface area contributed by atoms with Crippen LogP contribution in [0.1, 0.15) is 6.92 Å². The topological polar surface area (TPSA) is 52.8 Å². The number of imidazole rings is 1. The van der Waals surface area contributed by atoms with Crippen molar-refractivity contribution in [2.45, 2.75) is 6.92 Å². The van der Waals surface area contributed by atoms with Crippen molar-refractivity contribution in [3.8, 4) is 56.5 Å². The first-order chi connectivity index (χ1) is 20.3. The fourth-order valence-corrected chi connectivity index (χ4v) is 5.84. The second kappa shape index (κ2) is 10.8. The van der Waals surface area contributed by atoms with Crippen molar-refractivity contribution in [3.63, 3.8) is 0 Å². The summed E-state index contributed by atoms with van der Waals surface area (Å²) in [4.78, 5) is 5.35. The number of nitrogens with zero attached hydrogens (tertiary/aromatic N) is 4. The van der Waals surface area contributed by atoms with Crippen LogP contribution in [0.5, 0.6) is 5.75 Å². The Balaban J connectivity index is 1.49. The Bertz CT molecular complexity index is 1930. The Labute approximate surface area is 242 Å². The van der Waals surface area contributed by atoms with Crippen LogP contribution in [0.3, 0.4) is 0 Å². The highest BCUT2D eigenvalue weighted by Gasteiger charge is 2.25. The summed E-state index contributed by atoms with van der Waals surface area (Å²) in [5.41, 5.74) is 9.87. The SMILES string of the molecule is CCOc1ccc(-c2ccc(-c3nc(-c4ccccc4)c(-c4ccccc4)n3-c3ccccc3)c3nsnc23)cc1. The van der Waals surface area contributed by atoms with Crippen molar-refractivity contribution in [2.75, 3.05) is 6.61 Å². The maximum Gasteiger partial charge on any atom is 0.148 e. The average Bonchev–Trinajstić information content (AvgIpc) is 3.69. The molecule has 41 heavy (non-hydrogen) atoms. The van der Waals surface area contributed by atoms with Gasteiger partial charge in [-0.25, -0.2) is 4.98 Å². The molecule has 198 valence electrons. The van der Waals surface area contributed by atoms with Gasteiger partial charge in [0.05, 0.1) is 29.7 Å². The standard InChI is InChI=1S/C35H26N4OS/c1-2-40-28-20-18-24(19-21-28)29-22-23-30(33-32(29)37-41-38-33)35-36-31(25-12-6-3-7-13-25)34(26-14-8-4-9-15-26)39(35)27-16-10-5-11-17-27/h3-23H,2H2,1H3. The highest BCUT2D eigenvalue weighted by molar-refractivity contribution is 7.00. The lowest BCUT2D eigenvalue weighted by atomic mass is 10.0. The van der Waals surface area contributed by atoms with E-state index in [1.54, 1.807) is 0 Å². The Morgan fingerprint density at radius 1 is 0.610 bits per heavy atom. The molecule has 7 rings (SSSR count). The van der Waals surface area contributed by atoms with E-state index >= 15 is 0 Å². The monoisotopic (exact) mass is 550 g/mol. The van der Waals surface area contributed by atoms with E-state index in [0.29, 0.717) is 6.61 Å². The van der Waals surface area contributed by atoms with Crippen LogP contribution in [0, 0.1) is 0 Å². The molecule has 0 fully saturated rings. The molecule has 6 heteroatoms. The number of benzene rings is 5. The van der Waals surface area contributed by atoms with E-state index in [4.69, 9.17) is 18.5 Å².